The molecule has 9 heteroatoms. The van der Waals surface area contributed by atoms with Crippen LogP contribution in [0.5, 0.6) is 0 Å². The van der Waals surface area contributed by atoms with Gasteiger partial charge in [0, 0.05) is 34.8 Å². The fourth-order valence-corrected chi connectivity index (χ4v) is 2.38. The lowest BCUT2D eigenvalue weighted by Crippen LogP contribution is -2.39. The summed E-state index contributed by atoms with van der Waals surface area (Å²) >= 11 is 1.20. The van der Waals surface area contributed by atoms with Crippen molar-refractivity contribution in [1.29, 1.82) is 0 Å². The lowest BCUT2D eigenvalue weighted by Gasteiger charge is -2.16. The molecule has 0 saturated heterocycles. The predicted molar refractivity (Wildman–Crippen MR) is 82.7 cm³/mol. The van der Waals surface area contributed by atoms with Crippen molar-refractivity contribution < 1.29 is 14.3 Å². The first-order valence-electron chi connectivity index (χ1n) is 6.31. The van der Waals surface area contributed by atoms with E-state index in [0.29, 0.717) is 23.2 Å². The molecule has 0 spiro atoms. The van der Waals surface area contributed by atoms with Gasteiger partial charge in [-0.25, -0.2) is 4.98 Å². The van der Waals surface area contributed by atoms with E-state index in [2.05, 4.69) is 10.3 Å². The summed E-state index contributed by atoms with van der Waals surface area (Å²) in [5.74, 6) is -0.390. The Hall–Kier alpha value is -1.87. The zero-order valence-electron chi connectivity index (χ0n) is 12.7. The lowest BCUT2D eigenvalue weighted by molar-refractivity contribution is -0.121. The van der Waals surface area contributed by atoms with Gasteiger partial charge in [-0.05, 0) is 0 Å². The number of nitrogens with two attached hydrogens (primary N) is 1. The zero-order valence-corrected chi connectivity index (χ0v) is 13.5. The minimum Gasteiger partial charge on any atom is -0.383 e. The molecule has 0 radical (unpaired) electrons. The average Bonchev–Trinajstić information content (AvgIpc) is 2.80. The second-order valence-corrected chi connectivity index (χ2v) is 5.59. The SMILES string of the molecule is COCCNC(=O)CN(C)C(=O)c1sc(N(C)C)nc1N. The Morgan fingerprint density at radius 1 is 1.38 bits per heavy atom. The number of aromatic nitrogens is 1. The van der Waals surface area contributed by atoms with Crippen molar-refractivity contribution in [3.8, 4) is 0 Å². The number of amides is 2. The third-order valence-corrected chi connectivity index (χ3v) is 3.80. The fraction of sp³-hybridized carbons (Fsp3) is 0.583. The van der Waals surface area contributed by atoms with E-state index in [0.717, 1.165) is 0 Å². The third-order valence-electron chi connectivity index (χ3n) is 2.57. The molecular formula is C12H21N5O3S. The minimum absolute atomic E-state index is 0.0445. The van der Waals surface area contributed by atoms with Crippen molar-refractivity contribution in [1.82, 2.24) is 15.2 Å². The molecule has 2 amide bonds. The van der Waals surface area contributed by atoms with Gasteiger partial charge in [-0.3, -0.25) is 9.59 Å². The van der Waals surface area contributed by atoms with Gasteiger partial charge in [0.25, 0.3) is 5.91 Å². The predicted octanol–water partition coefficient (Wildman–Crippen LogP) is -0.374. The van der Waals surface area contributed by atoms with Gasteiger partial charge in [0.2, 0.25) is 5.91 Å². The molecular weight excluding hydrogens is 294 g/mol. The molecule has 0 bridgehead atoms. The fourth-order valence-electron chi connectivity index (χ4n) is 1.47. The van der Waals surface area contributed by atoms with Crippen LogP contribution in [-0.4, -0.2) is 69.6 Å². The molecule has 118 valence electrons. The smallest absolute Gasteiger partial charge is 0.268 e. The molecule has 1 aromatic heterocycles. The van der Waals surface area contributed by atoms with Crippen molar-refractivity contribution >= 4 is 34.1 Å². The largest absolute Gasteiger partial charge is 0.383 e. The zero-order chi connectivity index (χ0) is 16.0. The molecule has 21 heavy (non-hydrogen) atoms. The highest BCUT2D eigenvalue weighted by Crippen LogP contribution is 2.27. The first-order valence-corrected chi connectivity index (χ1v) is 7.13. The van der Waals surface area contributed by atoms with Crippen molar-refractivity contribution in [2.24, 2.45) is 0 Å². The Morgan fingerprint density at radius 3 is 2.57 bits per heavy atom. The number of ether oxygens (including phenoxy) is 1. The molecule has 0 fully saturated rings. The highest BCUT2D eigenvalue weighted by atomic mass is 32.1. The van der Waals surface area contributed by atoms with E-state index in [1.54, 1.807) is 19.1 Å². The van der Waals surface area contributed by atoms with Gasteiger partial charge in [0.15, 0.2) is 5.13 Å². The van der Waals surface area contributed by atoms with Gasteiger partial charge < -0.3 is 25.6 Å². The number of nitrogens with one attached hydrogen (secondary N) is 1. The number of hydrogen-bond acceptors (Lipinski definition) is 7. The van der Waals surface area contributed by atoms with Crippen molar-refractivity contribution in [3.05, 3.63) is 4.88 Å². The van der Waals surface area contributed by atoms with Gasteiger partial charge in [-0.1, -0.05) is 11.3 Å². The van der Waals surface area contributed by atoms with Crippen molar-refractivity contribution in [2.45, 2.75) is 0 Å². The molecule has 0 aromatic carbocycles. The molecule has 0 aliphatic rings. The van der Waals surface area contributed by atoms with Crippen LogP contribution in [0, 0.1) is 0 Å². The maximum Gasteiger partial charge on any atom is 0.268 e. The molecule has 8 nitrogen and oxygen atoms in total. The highest BCUT2D eigenvalue weighted by Gasteiger charge is 2.21. The molecule has 0 atom stereocenters. The van der Waals surface area contributed by atoms with Crippen LogP contribution in [0.15, 0.2) is 0 Å². The van der Waals surface area contributed by atoms with Gasteiger partial charge in [-0.2, -0.15) is 0 Å². The van der Waals surface area contributed by atoms with Crippen molar-refractivity contribution in [2.75, 3.05) is 58.6 Å². The topological polar surface area (TPSA) is 101 Å². The monoisotopic (exact) mass is 315 g/mol. The lowest BCUT2D eigenvalue weighted by atomic mass is 10.4. The van der Waals surface area contributed by atoms with Crippen molar-refractivity contribution in [3.63, 3.8) is 0 Å². The summed E-state index contributed by atoms with van der Waals surface area (Å²) in [4.78, 5) is 31.4. The van der Waals surface area contributed by atoms with Gasteiger partial charge in [0.1, 0.15) is 10.7 Å². The number of thiazole rings is 1. The Bertz CT molecular complexity index is 503. The van der Waals surface area contributed by atoms with Crippen LogP contribution in [0.25, 0.3) is 0 Å². The Kier molecular flexibility index (Phi) is 6.38. The Labute approximate surface area is 127 Å². The van der Waals surface area contributed by atoms with Crippen LogP contribution in [0.1, 0.15) is 9.67 Å². The summed E-state index contributed by atoms with van der Waals surface area (Å²) in [6, 6.07) is 0. The van der Waals surface area contributed by atoms with Crippen LogP contribution in [0.2, 0.25) is 0 Å². The summed E-state index contributed by atoms with van der Waals surface area (Å²) in [7, 11) is 6.74. The van der Waals surface area contributed by atoms with Gasteiger partial charge in [0.05, 0.1) is 13.2 Å². The Morgan fingerprint density at radius 2 is 2.05 bits per heavy atom. The number of likely N-dealkylation sites (N-methyl/N-ethyl adjacent to an activating group) is 1. The summed E-state index contributed by atoms with van der Waals surface area (Å²) in [5, 5.41) is 3.30. The van der Waals surface area contributed by atoms with E-state index >= 15 is 0 Å². The van der Waals surface area contributed by atoms with E-state index in [1.807, 2.05) is 14.1 Å². The summed E-state index contributed by atoms with van der Waals surface area (Å²) in [6.07, 6.45) is 0. The molecule has 3 N–H and O–H groups in total. The van der Waals surface area contributed by atoms with Gasteiger partial charge >= 0.3 is 0 Å². The second-order valence-electron chi connectivity index (χ2n) is 4.61. The van der Waals surface area contributed by atoms with E-state index in [1.165, 1.54) is 16.2 Å². The summed E-state index contributed by atoms with van der Waals surface area (Å²) in [6.45, 7) is 0.791. The molecule has 1 rings (SSSR count). The number of carbonyl (C=O) groups excluding carboxylic acids is 2. The third kappa shape index (κ3) is 4.87. The minimum atomic E-state index is -0.319. The quantitative estimate of drug-likeness (QED) is 0.666. The maximum atomic E-state index is 12.3. The maximum absolute atomic E-state index is 12.3. The summed E-state index contributed by atoms with van der Waals surface area (Å²) in [5.41, 5.74) is 5.75. The Balaban J connectivity index is 2.64. The van der Waals surface area contributed by atoms with Crippen LogP contribution in [-0.2, 0) is 9.53 Å². The average molecular weight is 315 g/mol. The number of nitrogens with zero attached hydrogens (tertiary/aromatic N) is 3. The first-order chi connectivity index (χ1) is 9.86. The molecule has 0 unspecified atom stereocenters. The number of rotatable bonds is 7. The summed E-state index contributed by atoms with van der Waals surface area (Å²) < 4.78 is 4.83. The van der Waals surface area contributed by atoms with E-state index in [9.17, 15) is 9.59 Å². The van der Waals surface area contributed by atoms with E-state index in [-0.39, 0.29) is 24.2 Å². The standard InChI is InChI=1S/C12H21N5O3S/c1-16(2)12-15-10(13)9(21-12)11(19)17(3)7-8(18)14-5-6-20-4/h5-7,13H2,1-4H3,(H,14,18). The molecule has 1 aromatic rings. The number of nitrogen functional groups attached to an aromatic ring is 1. The number of carbonyl (C=O) groups is 2. The van der Waals surface area contributed by atoms with Crippen LogP contribution in [0.4, 0.5) is 10.9 Å². The van der Waals surface area contributed by atoms with E-state index < -0.39 is 0 Å². The normalized spacial score (nSPS) is 10.3. The van der Waals surface area contributed by atoms with Gasteiger partial charge in [-0.15, -0.1) is 0 Å². The first kappa shape index (κ1) is 17.2. The highest BCUT2D eigenvalue weighted by molar-refractivity contribution is 7.18. The molecule has 1 heterocycles. The number of anilines is 2. The molecule has 0 aliphatic heterocycles. The molecule has 0 aliphatic carbocycles. The second kappa shape index (κ2) is 7.79. The van der Waals surface area contributed by atoms with Crippen LogP contribution < -0.4 is 16.0 Å². The molecule has 0 saturated carbocycles. The van der Waals surface area contributed by atoms with E-state index in [4.69, 9.17) is 10.5 Å². The number of methoxy groups -OCH3 is 1. The number of hydrogen-bond donors (Lipinski definition) is 2. The van der Waals surface area contributed by atoms with Crippen LogP contribution >= 0.6 is 11.3 Å². The van der Waals surface area contributed by atoms with Crippen LogP contribution in [0.3, 0.4) is 0 Å².